The van der Waals surface area contributed by atoms with Crippen molar-refractivity contribution < 1.29 is 18.8 Å². The van der Waals surface area contributed by atoms with Gasteiger partial charge in [-0.25, -0.2) is 4.79 Å². The molecule has 0 fully saturated rings. The molecule has 0 aliphatic rings. The topological polar surface area (TPSA) is 95.5 Å². The molecule has 1 rings (SSSR count). The second kappa shape index (κ2) is 7.64. The Morgan fingerprint density at radius 1 is 1.40 bits per heavy atom. The number of halogens is 2. The number of unbranched alkanes of at least 4 members (excludes halogenated alkanes) is 2. The number of hydrogen-bond acceptors (Lipinski definition) is 4. The number of rotatable bonds is 7. The fourth-order valence-corrected chi connectivity index (χ4v) is 1.92. The second-order valence-corrected chi connectivity index (χ2v) is 4.54. The summed E-state index contributed by atoms with van der Waals surface area (Å²) in [5, 5.41) is 10.8. The first-order chi connectivity index (χ1) is 9.41. The van der Waals surface area contributed by atoms with Crippen LogP contribution < -0.4 is 5.73 Å². The van der Waals surface area contributed by atoms with Gasteiger partial charge in [0.05, 0.1) is 11.5 Å². The summed E-state index contributed by atoms with van der Waals surface area (Å²) >= 11 is 5.84. The van der Waals surface area contributed by atoms with Gasteiger partial charge >= 0.3 is 11.8 Å². The molecular formula is C12H14ClFN2O4. The van der Waals surface area contributed by atoms with Gasteiger partial charge in [0.25, 0.3) is 0 Å². The molecule has 0 radical (unpaired) electrons. The van der Waals surface area contributed by atoms with Gasteiger partial charge in [-0.2, -0.15) is 4.39 Å². The molecule has 0 bridgehead atoms. The molecule has 0 unspecified atom stereocenters. The molecule has 1 aromatic rings. The Labute approximate surface area is 119 Å². The summed E-state index contributed by atoms with van der Waals surface area (Å²) in [4.78, 5) is 20.2. The predicted octanol–water partition coefficient (Wildman–Crippen LogP) is 3.20. The van der Waals surface area contributed by atoms with Crippen LogP contribution in [0.25, 0.3) is 0 Å². The third kappa shape index (κ3) is 5.00. The van der Waals surface area contributed by atoms with E-state index in [4.69, 9.17) is 17.3 Å². The van der Waals surface area contributed by atoms with E-state index in [9.17, 15) is 19.3 Å². The van der Waals surface area contributed by atoms with Gasteiger partial charge in [0.15, 0.2) is 0 Å². The molecule has 0 atom stereocenters. The van der Waals surface area contributed by atoms with Crippen LogP contribution in [-0.4, -0.2) is 17.6 Å². The third-order valence-electron chi connectivity index (χ3n) is 2.65. The molecule has 1 amide bonds. The van der Waals surface area contributed by atoms with Crippen LogP contribution in [0.5, 0.6) is 0 Å². The van der Waals surface area contributed by atoms with E-state index < -0.39 is 22.5 Å². The molecule has 1 aromatic carbocycles. The number of nitrogens with two attached hydrogens (primary N) is 1. The molecule has 2 N–H and O–H groups in total. The van der Waals surface area contributed by atoms with E-state index in [0.29, 0.717) is 24.8 Å². The first-order valence-electron chi connectivity index (χ1n) is 5.96. The van der Waals surface area contributed by atoms with Crippen LogP contribution in [0, 0.1) is 15.9 Å². The highest BCUT2D eigenvalue weighted by Gasteiger charge is 2.17. The van der Waals surface area contributed by atoms with Gasteiger partial charge < -0.3 is 10.5 Å². The SMILES string of the molecule is NC(=O)OCCCCCc1cc([N+](=O)[O-])c(F)cc1Cl. The fraction of sp³-hybridized carbons (Fsp3) is 0.417. The number of nitro benzene ring substituents is 1. The van der Waals surface area contributed by atoms with E-state index in [-0.39, 0.29) is 11.6 Å². The van der Waals surface area contributed by atoms with Crippen LogP contribution in [0.1, 0.15) is 24.8 Å². The minimum Gasteiger partial charge on any atom is -0.450 e. The lowest BCUT2D eigenvalue weighted by Crippen LogP contribution is -2.13. The summed E-state index contributed by atoms with van der Waals surface area (Å²) in [5.74, 6) is -0.946. The van der Waals surface area contributed by atoms with Gasteiger partial charge in [0, 0.05) is 11.1 Å². The minimum absolute atomic E-state index is 0.168. The van der Waals surface area contributed by atoms with Gasteiger partial charge in [-0.05, 0) is 37.3 Å². The first kappa shape index (κ1) is 16.2. The standard InChI is InChI=1S/C12H14ClFN2O4/c13-9-7-10(14)11(16(18)19)6-8(9)4-2-1-3-5-20-12(15)17/h6-7H,1-5H2,(H2,15,17). The Bertz CT molecular complexity index is 510. The van der Waals surface area contributed by atoms with E-state index >= 15 is 0 Å². The summed E-state index contributed by atoms with van der Waals surface area (Å²) < 4.78 is 17.8. The summed E-state index contributed by atoms with van der Waals surface area (Å²) in [7, 11) is 0. The Morgan fingerprint density at radius 3 is 2.70 bits per heavy atom. The van der Waals surface area contributed by atoms with Gasteiger partial charge in [0.1, 0.15) is 0 Å². The van der Waals surface area contributed by atoms with Gasteiger partial charge in [-0.1, -0.05) is 11.6 Å². The Kier molecular flexibility index (Phi) is 6.17. The van der Waals surface area contributed by atoms with E-state index in [1.54, 1.807) is 0 Å². The lowest BCUT2D eigenvalue weighted by molar-refractivity contribution is -0.387. The van der Waals surface area contributed by atoms with Crippen LogP contribution in [0.2, 0.25) is 5.02 Å². The van der Waals surface area contributed by atoms with Crippen molar-refractivity contribution in [3.05, 3.63) is 38.7 Å². The van der Waals surface area contributed by atoms with Crippen LogP contribution >= 0.6 is 11.6 Å². The zero-order valence-electron chi connectivity index (χ0n) is 10.6. The quantitative estimate of drug-likeness (QED) is 0.475. The lowest BCUT2D eigenvalue weighted by Gasteiger charge is -2.05. The number of amides is 1. The van der Waals surface area contributed by atoms with Crippen molar-refractivity contribution in [2.45, 2.75) is 25.7 Å². The summed E-state index contributed by atoms with van der Waals surface area (Å²) in [6.07, 6.45) is 1.71. The Hall–Kier alpha value is -1.89. The molecular weight excluding hydrogens is 291 g/mol. The van der Waals surface area contributed by atoms with Crippen LogP contribution in [-0.2, 0) is 11.2 Å². The zero-order valence-corrected chi connectivity index (χ0v) is 11.4. The van der Waals surface area contributed by atoms with Crippen molar-refractivity contribution in [1.82, 2.24) is 0 Å². The summed E-state index contributed by atoms with van der Waals surface area (Å²) in [6.45, 7) is 0.229. The molecule has 0 aromatic heterocycles. The highest BCUT2D eigenvalue weighted by atomic mass is 35.5. The number of carbonyl (C=O) groups is 1. The number of carbonyl (C=O) groups excluding carboxylic acids is 1. The molecule has 6 nitrogen and oxygen atoms in total. The highest BCUT2D eigenvalue weighted by molar-refractivity contribution is 6.31. The number of aryl methyl sites for hydroxylation is 1. The summed E-state index contributed by atoms with van der Waals surface area (Å²) in [5.41, 5.74) is 4.74. The monoisotopic (exact) mass is 304 g/mol. The predicted molar refractivity (Wildman–Crippen MR) is 71.2 cm³/mol. The summed E-state index contributed by atoms with van der Waals surface area (Å²) in [6, 6.07) is 2.10. The van der Waals surface area contributed by atoms with Crippen molar-refractivity contribution in [3.8, 4) is 0 Å². The second-order valence-electron chi connectivity index (χ2n) is 4.13. The number of nitro groups is 1. The molecule has 110 valence electrons. The molecule has 0 aliphatic carbocycles. The van der Waals surface area contributed by atoms with E-state index in [1.807, 2.05) is 0 Å². The van der Waals surface area contributed by atoms with Gasteiger partial charge in [-0.3, -0.25) is 10.1 Å². The molecule has 0 spiro atoms. The highest BCUT2D eigenvalue weighted by Crippen LogP contribution is 2.27. The largest absolute Gasteiger partial charge is 0.450 e. The maximum absolute atomic E-state index is 13.3. The van der Waals surface area contributed by atoms with Crippen molar-refractivity contribution in [2.75, 3.05) is 6.61 Å². The molecule has 8 heteroatoms. The van der Waals surface area contributed by atoms with Crippen molar-refractivity contribution in [1.29, 1.82) is 0 Å². The first-order valence-corrected chi connectivity index (χ1v) is 6.34. The van der Waals surface area contributed by atoms with E-state index in [0.717, 1.165) is 18.6 Å². The van der Waals surface area contributed by atoms with Crippen LogP contribution in [0.15, 0.2) is 12.1 Å². The van der Waals surface area contributed by atoms with Crippen molar-refractivity contribution in [3.63, 3.8) is 0 Å². The number of nitrogens with zero attached hydrogens (tertiary/aromatic N) is 1. The average Bonchev–Trinajstić information content (AvgIpc) is 2.34. The van der Waals surface area contributed by atoms with Crippen LogP contribution in [0.3, 0.4) is 0 Å². The van der Waals surface area contributed by atoms with Crippen molar-refractivity contribution >= 4 is 23.4 Å². The minimum atomic E-state index is -0.946. The number of hydrogen-bond donors (Lipinski definition) is 1. The van der Waals surface area contributed by atoms with E-state index in [2.05, 4.69) is 4.74 Å². The molecule has 0 saturated carbocycles. The maximum Gasteiger partial charge on any atom is 0.404 e. The fourth-order valence-electron chi connectivity index (χ4n) is 1.68. The maximum atomic E-state index is 13.3. The zero-order chi connectivity index (χ0) is 15.1. The smallest absolute Gasteiger partial charge is 0.404 e. The number of primary amides is 1. The number of ether oxygens (including phenoxy) is 1. The van der Waals surface area contributed by atoms with Crippen LogP contribution in [0.4, 0.5) is 14.9 Å². The van der Waals surface area contributed by atoms with Gasteiger partial charge in [0.2, 0.25) is 5.82 Å². The van der Waals surface area contributed by atoms with Gasteiger partial charge in [-0.15, -0.1) is 0 Å². The van der Waals surface area contributed by atoms with Crippen molar-refractivity contribution in [2.24, 2.45) is 5.73 Å². The Balaban J connectivity index is 2.49. The number of benzene rings is 1. The Morgan fingerprint density at radius 2 is 2.10 bits per heavy atom. The van der Waals surface area contributed by atoms with E-state index in [1.165, 1.54) is 0 Å². The molecule has 0 saturated heterocycles. The normalized spacial score (nSPS) is 10.3. The third-order valence-corrected chi connectivity index (χ3v) is 3.00. The molecule has 0 heterocycles. The molecule has 20 heavy (non-hydrogen) atoms. The molecule has 0 aliphatic heterocycles. The average molecular weight is 305 g/mol. The lowest BCUT2D eigenvalue weighted by atomic mass is 10.1.